The van der Waals surface area contributed by atoms with E-state index in [4.69, 9.17) is 11.6 Å². The maximum atomic E-state index is 13.2. The van der Waals surface area contributed by atoms with E-state index in [1.165, 1.54) is 5.56 Å². The average Bonchev–Trinajstić information content (AvgIpc) is 2.97. The number of fused-ring (bicyclic) bond motifs is 1. The number of aromatic nitrogens is 2. The summed E-state index contributed by atoms with van der Waals surface area (Å²) in [5, 5.41) is 1.37. The minimum Gasteiger partial charge on any atom is -0.294 e. The van der Waals surface area contributed by atoms with Crippen LogP contribution in [0.1, 0.15) is 16.0 Å². The normalized spacial score (nSPS) is 11.2. The molecule has 0 aliphatic carbocycles. The van der Waals surface area contributed by atoms with Crippen LogP contribution in [-0.2, 0) is 6.54 Å². The minimum absolute atomic E-state index is 0.00690. The maximum absolute atomic E-state index is 13.2. The zero-order valence-corrected chi connectivity index (χ0v) is 16.1. The summed E-state index contributed by atoms with van der Waals surface area (Å²) in [5.74, 6) is 0. The summed E-state index contributed by atoms with van der Waals surface area (Å²) in [4.78, 5) is 19.6. The van der Waals surface area contributed by atoms with Crippen LogP contribution < -0.4 is 5.56 Å². The molecule has 0 radical (unpaired) electrons. The van der Waals surface area contributed by atoms with Gasteiger partial charge in [-0.2, -0.15) is 0 Å². The highest BCUT2D eigenvalue weighted by Crippen LogP contribution is 2.35. The first-order chi connectivity index (χ1) is 12.5. The van der Waals surface area contributed by atoms with Crippen molar-refractivity contribution in [3.05, 3.63) is 86.2 Å². The summed E-state index contributed by atoms with van der Waals surface area (Å²) >= 11 is 7.57. The molecular weight excluding hydrogens is 364 g/mol. The molecule has 0 fully saturated rings. The van der Waals surface area contributed by atoms with Gasteiger partial charge in [0.05, 0.1) is 18.3 Å². The first kappa shape index (κ1) is 17.0. The molecule has 4 rings (SSSR count). The topological polar surface area (TPSA) is 34.9 Å². The Kier molecular flexibility index (Phi) is 4.39. The first-order valence-corrected chi connectivity index (χ1v) is 9.53. The monoisotopic (exact) mass is 380 g/mol. The third-order valence-corrected chi connectivity index (χ3v) is 5.85. The SMILES string of the molecule is Cc1ccccc1Cn1cnc2sc(C)c(-c3ccc(Cl)cc3)c2c1=O. The summed E-state index contributed by atoms with van der Waals surface area (Å²) in [7, 11) is 0. The summed E-state index contributed by atoms with van der Waals surface area (Å²) in [5.41, 5.74) is 4.23. The van der Waals surface area contributed by atoms with Gasteiger partial charge in [0.15, 0.2) is 0 Å². The van der Waals surface area contributed by atoms with Crippen molar-refractivity contribution < 1.29 is 0 Å². The zero-order valence-electron chi connectivity index (χ0n) is 14.5. The van der Waals surface area contributed by atoms with E-state index in [1.807, 2.05) is 49.4 Å². The lowest BCUT2D eigenvalue weighted by Crippen LogP contribution is -2.21. The Balaban J connectivity index is 1.89. The highest BCUT2D eigenvalue weighted by atomic mass is 35.5. The molecule has 0 N–H and O–H groups in total. The van der Waals surface area contributed by atoms with Crippen molar-refractivity contribution in [2.24, 2.45) is 0 Å². The van der Waals surface area contributed by atoms with Gasteiger partial charge in [0.25, 0.3) is 5.56 Å². The van der Waals surface area contributed by atoms with Gasteiger partial charge < -0.3 is 0 Å². The van der Waals surface area contributed by atoms with Gasteiger partial charge in [-0.25, -0.2) is 4.98 Å². The van der Waals surface area contributed by atoms with E-state index in [2.05, 4.69) is 18.0 Å². The van der Waals surface area contributed by atoms with Crippen LogP contribution in [0, 0.1) is 13.8 Å². The standard InChI is InChI=1S/C21H17ClN2OS/c1-13-5-3-4-6-16(13)11-24-12-23-20-19(21(24)25)18(14(2)26-20)15-7-9-17(22)10-8-15/h3-10,12H,11H2,1-2H3. The van der Waals surface area contributed by atoms with Crippen molar-refractivity contribution >= 4 is 33.2 Å². The number of hydrogen-bond donors (Lipinski definition) is 0. The summed E-state index contributed by atoms with van der Waals surface area (Å²) in [6, 6.07) is 15.7. The number of halogens is 1. The Bertz CT molecular complexity index is 1160. The fourth-order valence-electron chi connectivity index (χ4n) is 3.19. The van der Waals surface area contributed by atoms with Gasteiger partial charge in [-0.1, -0.05) is 48.0 Å². The number of benzene rings is 2. The predicted octanol–water partition coefficient (Wildman–Crippen LogP) is 5.44. The van der Waals surface area contributed by atoms with Crippen LogP contribution in [0.5, 0.6) is 0 Å². The van der Waals surface area contributed by atoms with Gasteiger partial charge in [0.2, 0.25) is 0 Å². The Morgan fingerprint density at radius 3 is 2.54 bits per heavy atom. The molecule has 0 saturated carbocycles. The second kappa shape index (κ2) is 6.71. The molecule has 26 heavy (non-hydrogen) atoms. The predicted molar refractivity (Wildman–Crippen MR) is 109 cm³/mol. The number of nitrogens with zero attached hydrogens (tertiary/aromatic N) is 2. The Hall–Kier alpha value is -2.43. The van der Waals surface area contributed by atoms with Gasteiger partial charge in [-0.05, 0) is 42.7 Å². The molecule has 0 atom stereocenters. The van der Waals surface area contributed by atoms with E-state index >= 15 is 0 Å². The molecule has 3 nitrogen and oxygen atoms in total. The average molecular weight is 381 g/mol. The fraction of sp³-hybridized carbons (Fsp3) is 0.143. The lowest BCUT2D eigenvalue weighted by Gasteiger charge is -2.09. The Labute approximate surface area is 160 Å². The Morgan fingerprint density at radius 1 is 1.08 bits per heavy atom. The quantitative estimate of drug-likeness (QED) is 0.474. The highest BCUT2D eigenvalue weighted by Gasteiger charge is 2.17. The molecular formula is C21H17ClN2OS. The van der Waals surface area contributed by atoms with Gasteiger partial charge >= 0.3 is 0 Å². The first-order valence-electron chi connectivity index (χ1n) is 8.33. The molecule has 0 amide bonds. The molecule has 2 heterocycles. The highest BCUT2D eigenvalue weighted by molar-refractivity contribution is 7.19. The van der Waals surface area contributed by atoms with Crippen molar-refractivity contribution in [1.29, 1.82) is 0 Å². The van der Waals surface area contributed by atoms with E-state index < -0.39 is 0 Å². The van der Waals surface area contributed by atoms with E-state index in [0.717, 1.165) is 26.4 Å². The molecule has 0 saturated heterocycles. The van der Waals surface area contributed by atoms with Crippen LogP contribution in [0.2, 0.25) is 5.02 Å². The number of thiophene rings is 1. The van der Waals surface area contributed by atoms with Crippen LogP contribution in [0.4, 0.5) is 0 Å². The van der Waals surface area contributed by atoms with E-state index in [-0.39, 0.29) is 5.56 Å². The third-order valence-electron chi connectivity index (χ3n) is 4.59. The number of aryl methyl sites for hydroxylation is 2. The molecule has 2 aromatic carbocycles. The largest absolute Gasteiger partial charge is 0.294 e. The summed E-state index contributed by atoms with van der Waals surface area (Å²) in [6.07, 6.45) is 1.65. The molecule has 5 heteroatoms. The van der Waals surface area contributed by atoms with Crippen molar-refractivity contribution in [3.8, 4) is 11.1 Å². The number of rotatable bonds is 3. The van der Waals surface area contributed by atoms with Crippen LogP contribution in [0.25, 0.3) is 21.3 Å². The van der Waals surface area contributed by atoms with Gasteiger partial charge in [-0.3, -0.25) is 9.36 Å². The Morgan fingerprint density at radius 2 is 1.81 bits per heavy atom. The molecule has 0 spiro atoms. The van der Waals surface area contributed by atoms with Crippen molar-refractivity contribution in [3.63, 3.8) is 0 Å². The third kappa shape index (κ3) is 2.96. The summed E-state index contributed by atoms with van der Waals surface area (Å²) in [6.45, 7) is 4.60. The molecule has 0 aliphatic rings. The van der Waals surface area contributed by atoms with Crippen LogP contribution in [0.3, 0.4) is 0 Å². The van der Waals surface area contributed by atoms with Gasteiger partial charge in [0.1, 0.15) is 4.83 Å². The van der Waals surface area contributed by atoms with Crippen molar-refractivity contribution in [1.82, 2.24) is 9.55 Å². The van der Waals surface area contributed by atoms with Crippen LogP contribution in [-0.4, -0.2) is 9.55 Å². The smallest absolute Gasteiger partial charge is 0.263 e. The van der Waals surface area contributed by atoms with Crippen LogP contribution >= 0.6 is 22.9 Å². The van der Waals surface area contributed by atoms with E-state index in [0.29, 0.717) is 17.0 Å². The van der Waals surface area contributed by atoms with E-state index in [1.54, 1.807) is 22.2 Å². The zero-order chi connectivity index (χ0) is 18.3. The molecule has 130 valence electrons. The van der Waals surface area contributed by atoms with E-state index in [9.17, 15) is 4.79 Å². The second-order valence-corrected chi connectivity index (χ2v) is 7.96. The molecule has 0 unspecified atom stereocenters. The number of hydrogen-bond acceptors (Lipinski definition) is 3. The molecule has 4 aromatic rings. The molecule has 0 bridgehead atoms. The van der Waals surface area contributed by atoms with Crippen LogP contribution in [0.15, 0.2) is 59.7 Å². The lowest BCUT2D eigenvalue weighted by atomic mass is 10.0. The second-order valence-electron chi connectivity index (χ2n) is 6.32. The lowest BCUT2D eigenvalue weighted by molar-refractivity contribution is 0.745. The maximum Gasteiger partial charge on any atom is 0.263 e. The summed E-state index contributed by atoms with van der Waals surface area (Å²) < 4.78 is 1.69. The van der Waals surface area contributed by atoms with Crippen molar-refractivity contribution in [2.75, 3.05) is 0 Å². The van der Waals surface area contributed by atoms with Crippen molar-refractivity contribution in [2.45, 2.75) is 20.4 Å². The fourth-order valence-corrected chi connectivity index (χ4v) is 4.31. The minimum atomic E-state index is -0.00690. The van der Waals surface area contributed by atoms with Gasteiger partial charge in [-0.15, -0.1) is 11.3 Å². The molecule has 2 aromatic heterocycles. The van der Waals surface area contributed by atoms with Gasteiger partial charge in [0, 0.05) is 15.5 Å². The molecule has 0 aliphatic heterocycles.